The standard InChI is InChI=1S/C9H8N2OS/c1-2-12-6-3-4-7-8(5-6)11-9(13)10-7/h3-5H,2H2,1H3. The summed E-state index contributed by atoms with van der Waals surface area (Å²) in [6, 6.07) is 5.58. The van der Waals surface area contributed by atoms with Gasteiger partial charge in [-0.3, -0.25) is 0 Å². The minimum Gasteiger partial charge on any atom is -0.494 e. The van der Waals surface area contributed by atoms with Gasteiger partial charge in [-0.15, -0.1) is 0 Å². The van der Waals surface area contributed by atoms with Crippen molar-refractivity contribution in [2.24, 2.45) is 9.98 Å². The fraction of sp³-hybridized carbons (Fsp3) is 0.222. The van der Waals surface area contributed by atoms with E-state index in [0.717, 1.165) is 16.5 Å². The highest BCUT2D eigenvalue weighted by molar-refractivity contribution is 7.80. The number of nitrogens with zero attached hydrogens (tertiary/aromatic N) is 2. The van der Waals surface area contributed by atoms with Crippen LogP contribution in [-0.2, 0) is 0 Å². The smallest absolute Gasteiger partial charge is 0.220 e. The van der Waals surface area contributed by atoms with Crippen molar-refractivity contribution in [2.75, 3.05) is 6.61 Å². The zero-order chi connectivity index (χ0) is 9.26. The van der Waals surface area contributed by atoms with E-state index >= 15 is 0 Å². The highest BCUT2D eigenvalue weighted by Gasteiger charge is 2.02. The van der Waals surface area contributed by atoms with Gasteiger partial charge in [0.2, 0.25) is 5.11 Å². The van der Waals surface area contributed by atoms with Crippen LogP contribution in [0.15, 0.2) is 28.2 Å². The summed E-state index contributed by atoms with van der Waals surface area (Å²) in [7, 11) is 0. The summed E-state index contributed by atoms with van der Waals surface area (Å²) in [5.74, 6) is 0.810. The molecule has 3 nitrogen and oxygen atoms in total. The van der Waals surface area contributed by atoms with Crippen LogP contribution >= 0.6 is 12.2 Å². The van der Waals surface area contributed by atoms with E-state index in [1.54, 1.807) is 0 Å². The molecule has 0 amide bonds. The van der Waals surface area contributed by atoms with Gasteiger partial charge in [-0.2, -0.15) is 0 Å². The van der Waals surface area contributed by atoms with Crippen LogP contribution in [0.5, 0.6) is 5.75 Å². The van der Waals surface area contributed by atoms with Crippen molar-refractivity contribution in [1.29, 1.82) is 0 Å². The van der Waals surface area contributed by atoms with Gasteiger partial charge in [0.05, 0.1) is 17.3 Å². The molecule has 0 N–H and O–H groups in total. The summed E-state index contributed by atoms with van der Waals surface area (Å²) in [4.78, 5) is 8.14. The maximum Gasteiger partial charge on any atom is 0.220 e. The number of rotatable bonds is 2. The molecule has 66 valence electrons. The van der Waals surface area contributed by atoms with Crippen molar-refractivity contribution < 1.29 is 4.74 Å². The summed E-state index contributed by atoms with van der Waals surface area (Å²) in [5, 5.41) is 2.02. The quantitative estimate of drug-likeness (QED) is 0.644. The molecule has 0 fully saturated rings. The highest BCUT2D eigenvalue weighted by Crippen LogP contribution is 2.04. The zero-order valence-corrected chi connectivity index (χ0v) is 7.97. The van der Waals surface area contributed by atoms with E-state index in [-0.39, 0.29) is 0 Å². The van der Waals surface area contributed by atoms with Crippen LogP contribution in [0, 0.1) is 0 Å². The third-order valence-corrected chi connectivity index (χ3v) is 1.87. The molecule has 1 aromatic carbocycles. The molecule has 0 radical (unpaired) electrons. The maximum absolute atomic E-state index is 5.32. The Morgan fingerprint density at radius 3 is 2.85 bits per heavy atom. The summed E-state index contributed by atoms with van der Waals surface area (Å²) in [6.07, 6.45) is 0. The van der Waals surface area contributed by atoms with Crippen LogP contribution in [0.3, 0.4) is 0 Å². The molecule has 1 aromatic rings. The molecule has 2 rings (SSSR count). The molecule has 0 unspecified atom stereocenters. The van der Waals surface area contributed by atoms with Gasteiger partial charge in [0, 0.05) is 6.07 Å². The molecular formula is C9H8N2OS. The molecule has 4 heteroatoms. The Morgan fingerprint density at radius 1 is 1.31 bits per heavy atom. The molecule has 0 saturated heterocycles. The van der Waals surface area contributed by atoms with E-state index in [2.05, 4.69) is 9.98 Å². The monoisotopic (exact) mass is 192 g/mol. The van der Waals surface area contributed by atoms with Gasteiger partial charge in [0.1, 0.15) is 5.75 Å². The predicted octanol–water partition coefficient (Wildman–Crippen LogP) is 0.623. The number of hydrogen-bond acceptors (Lipinski definition) is 2. The molecule has 13 heavy (non-hydrogen) atoms. The number of benzene rings is 1. The van der Waals surface area contributed by atoms with Gasteiger partial charge in [0.15, 0.2) is 0 Å². The average Bonchev–Trinajstić information content (AvgIpc) is 2.44. The lowest BCUT2D eigenvalue weighted by Gasteiger charge is -1.99. The first-order valence-electron chi connectivity index (χ1n) is 4.04. The van der Waals surface area contributed by atoms with Crippen molar-refractivity contribution in [3.05, 3.63) is 28.9 Å². The summed E-state index contributed by atoms with van der Waals surface area (Å²) in [6.45, 7) is 2.60. The average molecular weight is 192 g/mol. The lowest BCUT2D eigenvalue weighted by molar-refractivity contribution is 0.340. The molecule has 0 aromatic heterocycles. The molecular weight excluding hydrogens is 184 g/mol. The molecule has 0 spiro atoms. The molecule has 1 aliphatic rings. The number of ether oxygens (including phenoxy) is 1. The van der Waals surface area contributed by atoms with Gasteiger partial charge >= 0.3 is 0 Å². The van der Waals surface area contributed by atoms with Crippen molar-refractivity contribution in [3.8, 4) is 5.75 Å². The van der Waals surface area contributed by atoms with Crippen molar-refractivity contribution in [3.63, 3.8) is 0 Å². The Labute approximate surface area is 80.8 Å². The minimum atomic E-state index is 0.392. The van der Waals surface area contributed by atoms with Crippen LogP contribution in [0.2, 0.25) is 0 Å². The van der Waals surface area contributed by atoms with Crippen molar-refractivity contribution in [1.82, 2.24) is 0 Å². The number of fused-ring (bicyclic) bond motifs is 1. The summed E-state index contributed by atoms with van der Waals surface area (Å²) in [5.41, 5.74) is 0. The van der Waals surface area contributed by atoms with E-state index in [1.165, 1.54) is 0 Å². The van der Waals surface area contributed by atoms with E-state index < -0.39 is 0 Å². The molecule has 0 saturated carbocycles. The largest absolute Gasteiger partial charge is 0.494 e. The number of hydrogen-bond donors (Lipinski definition) is 0. The Bertz CT molecular complexity index is 467. The third kappa shape index (κ3) is 1.58. The van der Waals surface area contributed by atoms with E-state index in [0.29, 0.717) is 11.7 Å². The van der Waals surface area contributed by atoms with Crippen molar-refractivity contribution in [2.45, 2.75) is 6.92 Å². The molecule has 0 atom stereocenters. The molecule has 1 heterocycles. The maximum atomic E-state index is 5.32. The van der Waals surface area contributed by atoms with Gasteiger partial charge < -0.3 is 4.74 Å². The van der Waals surface area contributed by atoms with E-state index in [9.17, 15) is 0 Å². The number of thiocarbonyl (C=S) groups is 1. The normalized spacial score (nSPS) is 13.2. The predicted molar refractivity (Wildman–Crippen MR) is 52.5 cm³/mol. The molecule has 0 bridgehead atoms. The SMILES string of the molecule is CCOc1ccc2c(c1)=NC(=S)N=2. The fourth-order valence-corrected chi connectivity index (χ4v) is 1.37. The lowest BCUT2D eigenvalue weighted by atomic mass is 10.3. The molecule has 1 aliphatic heterocycles. The highest BCUT2D eigenvalue weighted by atomic mass is 32.1. The van der Waals surface area contributed by atoms with Crippen LogP contribution < -0.4 is 15.5 Å². The fourth-order valence-electron chi connectivity index (χ4n) is 1.17. The zero-order valence-electron chi connectivity index (χ0n) is 7.15. The Kier molecular flexibility index (Phi) is 2.06. The van der Waals surface area contributed by atoms with Crippen LogP contribution in [0.25, 0.3) is 0 Å². The molecule has 0 aliphatic carbocycles. The van der Waals surface area contributed by atoms with Crippen LogP contribution in [0.4, 0.5) is 0 Å². The Balaban J connectivity index is 2.53. The second-order valence-electron chi connectivity index (χ2n) is 2.59. The first-order chi connectivity index (χ1) is 6.29. The third-order valence-electron chi connectivity index (χ3n) is 1.69. The van der Waals surface area contributed by atoms with Crippen molar-refractivity contribution >= 4 is 17.3 Å². The topological polar surface area (TPSA) is 34.0 Å². The van der Waals surface area contributed by atoms with Gasteiger partial charge in [0.25, 0.3) is 0 Å². The van der Waals surface area contributed by atoms with Gasteiger partial charge in [-0.1, -0.05) is 0 Å². The van der Waals surface area contributed by atoms with Crippen LogP contribution in [0.1, 0.15) is 6.92 Å². The lowest BCUT2D eigenvalue weighted by Crippen LogP contribution is -2.20. The van der Waals surface area contributed by atoms with Crippen LogP contribution in [-0.4, -0.2) is 11.7 Å². The minimum absolute atomic E-state index is 0.392. The Hall–Kier alpha value is -1.29. The Morgan fingerprint density at radius 2 is 2.08 bits per heavy atom. The second-order valence-corrected chi connectivity index (χ2v) is 2.95. The van der Waals surface area contributed by atoms with E-state index in [1.807, 2.05) is 25.1 Å². The first-order valence-corrected chi connectivity index (χ1v) is 4.44. The van der Waals surface area contributed by atoms with E-state index in [4.69, 9.17) is 17.0 Å². The van der Waals surface area contributed by atoms with Gasteiger partial charge in [-0.05, 0) is 31.3 Å². The first kappa shape index (κ1) is 8.31. The van der Waals surface area contributed by atoms with Gasteiger partial charge in [-0.25, -0.2) is 9.98 Å². The summed E-state index contributed by atoms with van der Waals surface area (Å²) < 4.78 is 5.32. The summed E-state index contributed by atoms with van der Waals surface area (Å²) >= 11 is 4.86. The second kappa shape index (κ2) is 3.22.